The topological polar surface area (TPSA) is 46.5 Å². The highest BCUT2D eigenvalue weighted by molar-refractivity contribution is 5.74. The predicted octanol–water partition coefficient (Wildman–Crippen LogP) is 2.15. The van der Waals surface area contributed by atoms with Crippen LogP contribution in [-0.2, 0) is 9.53 Å². The fourth-order valence-corrected chi connectivity index (χ4v) is 1.97. The first kappa shape index (κ1) is 14.2. The van der Waals surface area contributed by atoms with E-state index in [-0.39, 0.29) is 11.9 Å². The van der Waals surface area contributed by atoms with Crippen LogP contribution in [0.3, 0.4) is 0 Å². The molecular weight excluding hydrogens is 192 g/mol. The Morgan fingerprint density at radius 1 is 1.60 bits per heavy atom. The third kappa shape index (κ3) is 3.34. The smallest absolute Gasteiger partial charge is 0.312 e. The van der Waals surface area contributed by atoms with Gasteiger partial charge in [-0.15, -0.1) is 6.58 Å². The lowest BCUT2D eigenvalue weighted by molar-refractivity contribution is -0.156. The fourth-order valence-electron chi connectivity index (χ4n) is 1.97. The minimum absolute atomic E-state index is 0.0204. The van der Waals surface area contributed by atoms with Crippen molar-refractivity contribution < 1.29 is 14.6 Å². The maximum absolute atomic E-state index is 11.6. The minimum atomic E-state index is -1.16. The van der Waals surface area contributed by atoms with Gasteiger partial charge in [0.25, 0.3) is 0 Å². The Morgan fingerprint density at radius 2 is 2.13 bits per heavy atom. The summed E-state index contributed by atoms with van der Waals surface area (Å²) in [6, 6.07) is 0. The van der Waals surface area contributed by atoms with Crippen molar-refractivity contribution in [3.63, 3.8) is 0 Å². The highest BCUT2D eigenvalue weighted by atomic mass is 16.5. The van der Waals surface area contributed by atoms with Crippen molar-refractivity contribution in [3.8, 4) is 0 Å². The summed E-state index contributed by atoms with van der Waals surface area (Å²) in [7, 11) is 1.34. The zero-order valence-electron chi connectivity index (χ0n) is 10.1. The van der Waals surface area contributed by atoms with Gasteiger partial charge in [-0.1, -0.05) is 33.3 Å². The fraction of sp³-hybridized carbons (Fsp3) is 0.750. The van der Waals surface area contributed by atoms with Gasteiger partial charge in [0.05, 0.1) is 18.6 Å². The SMILES string of the molecule is C=CC(O)(CCC)C(C(=O)OC)C(C)C. The maximum Gasteiger partial charge on any atom is 0.312 e. The number of hydrogen-bond acceptors (Lipinski definition) is 3. The number of methoxy groups -OCH3 is 1. The molecule has 0 aliphatic rings. The van der Waals surface area contributed by atoms with E-state index in [4.69, 9.17) is 4.74 Å². The van der Waals surface area contributed by atoms with Crippen LogP contribution in [0.2, 0.25) is 0 Å². The number of esters is 1. The van der Waals surface area contributed by atoms with E-state index in [0.29, 0.717) is 6.42 Å². The third-order valence-corrected chi connectivity index (χ3v) is 2.66. The second-order valence-corrected chi connectivity index (χ2v) is 4.19. The van der Waals surface area contributed by atoms with Crippen molar-refractivity contribution >= 4 is 5.97 Å². The lowest BCUT2D eigenvalue weighted by atomic mass is 9.77. The molecule has 0 aliphatic carbocycles. The molecule has 0 radical (unpaired) electrons. The van der Waals surface area contributed by atoms with Crippen LogP contribution in [0.1, 0.15) is 33.6 Å². The molecule has 0 aromatic heterocycles. The molecule has 1 N–H and O–H groups in total. The van der Waals surface area contributed by atoms with Gasteiger partial charge in [0.2, 0.25) is 0 Å². The number of hydrogen-bond donors (Lipinski definition) is 1. The van der Waals surface area contributed by atoms with Crippen molar-refractivity contribution in [2.75, 3.05) is 7.11 Å². The second kappa shape index (κ2) is 5.91. The Morgan fingerprint density at radius 3 is 2.40 bits per heavy atom. The Kier molecular flexibility index (Phi) is 5.58. The Balaban J connectivity index is 5.01. The van der Waals surface area contributed by atoms with Crippen LogP contribution in [0, 0.1) is 11.8 Å². The van der Waals surface area contributed by atoms with E-state index in [0.717, 1.165) is 6.42 Å². The first-order chi connectivity index (χ1) is 6.92. The van der Waals surface area contributed by atoms with Gasteiger partial charge in [-0.3, -0.25) is 4.79 Å². The predicted molar refractivity (Wildman–Crippen MR) is 60.4 cm³/mol. The van der Waals surface area contributed by atoms with E-state index >= 15 is 0 Å². The lowest BCUT2D eigenvalue weighted by Gasteiger charge is -2.34. The standard InChI is InChI=1S/C12H22O3/c1-6-8-12(14,7-2)10(9(3)4)11(13)15-5/h7,9-10,14H,2,6,8H2,1,3-5H3. The van der Waals surface area contributed by atoms with Crippen molar-refractivity contribution in [2.45, 2.75) is 39.2 Å². The Labute approximate surface area is 92.1 Å². The van der Waals surface area contributed by atoms with Gasteiger partial charge in [-0.05, 0) is 12.3 Å². The zero-order valence-corrected chi connectivity index (χ0v) is 10.1. The molecule has 0 aromatic rings. The van der Waals surface area contributed by atoms with Crippen molar-refractivity contribution in [3.05, 3.63) is 12.7 Å². The van der Waals surface area contributed by atoms with Gasteiger partial charge in [0.15, 0.2) is 0 Å². The molecule has 88 valence electrons. The van der Waals surface area contributed by atoms with Crippen LogP contribution in [0.4, 0.5) is 0 Å². The number of carbonyl (C=O) groups excluding carboxylic acids is 1. The maximum atomic E-state index is 11.6. The summed E-state index contributed by atoms with van der Waals surface area (Å²) in [5.74, 6) is -0.896. The molecule has 0 aromatic carbocycles. The van der Waals surface area contributed by atoms with Crippen LogP contribution in [0.25, 0.3) is 0 Å². The van der Waals surface area contributed by atoms with E-state index in [1.165, 1.54) is 13.2 Å². The molecule has 0 heterocycles. The number of rotatable bonds is 6. The first-order valence-corrected chi connectivity index (χ1v) is 5.36. The molecule has 0 rings (SSSR count). The van der Waals surface area contributed by atoms with E-state index in [2.05, 4.69) is 6.58 Å². The lowest BCUT2D eigenvalue weighted by Crippen LogP contribution is -2.44. The number of ether oxygens (including phenoxy) is 1. The van der Waals surface area contributed by atoms with Gasteiger partial charge < -0.3 is 9.84 Å². The van der Waals surface area contributed by atoms with Gasteiger partial charge in [0.1, 0.15) is 0 Å². The molecule has 3 nitrogen and oxygen atoms in total. The summed E-state index contributed by atoms with van der Waals surface area (Å²) in [6.07, 6.45) is 2.77. The molecule has 15 heavy (non-hydrogen) atoms. The Hall–Kier alpha value is -0.830. The number of aliphatic hydroxyl groups is 1. The molecule has 0 aliphatic heterocycles. The summed E-state index contributed by atoms with van der Waals surface area (Å²) in [5.41, 5.74) is -1.16. The molecule has 0 saturated carbocycles. The monoisotopic (exact) mass is 214 g/mol. The highest BCUT2D eigenvalue weighted by Crippen LogP contribution is 2.31. The summed E-state index contributed by atoms with van der Waals surface area (Å²) in [4.78, 5) is 11.6. The molecule has 0 amide bonds. The molecule has 0 bridgehead atoms. The molecule has 2 unspecified atom stereocenters. The average Bonchev–Trinajstić information content (AvgIpc) is 2.17. The molecule has 0 spiro atoms. The number of carbonyl (C=O) groups is 1. The summed E-state index contributed by atoms with van der Waals surface area (Å²) in [6.45, 7) is 9.36. The summed E-state index contributed by atoms with van der Waals surface area (Å²) < 4.78 is 4.72. The van der Waals surface area contributed by atoms with Crippen molar-refractivity contribution in [1.29, 1.82) is 0 Å². The van der Waals surface area contributed by atoms with Crippen LogP contribution in [-0.4, -0.2) is 23.8 Å². The molecule has 0 saturated heterocycles. The third-order valence-electron chi connectivity index (χ3n) is 2.66. The molecule has 3 heteroatoms. The quantitative estimate of drug-likeness (QED) is 0.544. The van der Waals surface area contributed by atoms with Gasteiger partial charge >= 0.3 is 5.97 Å². The van der Waals surface area contributed by atoms with Gasteiger partial charge in [-0.25, -0.2) is 0 Å². The average molecular weight is 214 g/mol. The molecule has 0 fully saturated rings. The van der Waals surface area contributed by atoms with Crippen molar-refractivity contribution in [2.24, 2.45) is 11.8 Å². The summed E-state index contributed by atoms with van der Waals surface area (Å²) >= 11 is 0. The van der Waals surface area contributed by atoms with Crippen LogP contribution in [0.15, 0.2) is 12.7 Å². The second-order valence-electron chi connectivity index (χ2n) is 4.19. The normalized spacial score (nSPS) is 16.9. The van der Waals surface area contributed by atoms with Crippen LogP contribution < -0.4 is 0 Å². The largest absolute Gasteiger partial charge is 0.469 e. The van der Waals surface area contributed by atoms with E-state index in [9.17, 15) is 9.90 Å². The zero-order chi connectivity index (χ0) is 12.1. The highest BCUT2D eigenvalue weighted by Gasteiger charge is 2.41. The van der Waals surface area contributed by atoms with Crippen LogP contribution in [0.5, 0.6) is 0 Å². The molecular formula is C12H22O3. The molecule has 2 atom stereocenters. The summed E-state index contributed by atoms with van der Waals surface area (Å²) in [5, 5.41) is 10.3. The van der Waals surface area contributed by atoms with E-state index < -0.39 is 11.5 Å². The Bertz CT molecular complexity index is 223. The van der Waals surface area contributed by atoms with Crippen LogP contribution >= 0.6 is 0 Å². The van der Waals surface area contributed by atoms with E-state index in [1.54, 1.807) is 0 Å². The van der Waals surface area contributed by atoms with E-state index in [1.807, 2.05) is 20.8 Å². The minimum Gasteiger partial charge on any atom is -0.469 e. The first-order valence-electron chi connectivity index (χ1n) is 5.36. The van der Waals surface area contributed by atoms with Gasteiger partial charge in [0, 0.05) is 0 Å². The van der Waals surface area contributed by atoms with Gasteiger partial charge in [-0.2, -0.15) is 0 Å². The van der Waals surface area contributed by atoms with Crippen molar-refractivity contribution in [1.82, 2.24) is 0 Å².